The molecule has 1 aliphatic rings. The number of rotatable bonds is 4. The fraction of sp³-hybridized carbons (Fsp3) is 0.588. The van der Waals surface area contributed by atoms with Gasteiger partial charge in [-0.3, -0.25) is 0 Å². The van der Waals surface area contributed by atoms with Gasteiger partial charge in [0.2, 0.25) is 0 Å². The molecule has 1 aliphatic carbocycles. The summed E-state index contributed by atoms with van der Waals surface area (Å²) in [5, 5.41) is 3.61. The Labute approximate surface area is 121 Å². The molecule has 3 atom stereocenters. The number of hydrogen-bond donors (Lipinski definition) is 1. The van der Waals surface area contributed by atoms with E-state index >= 15 is 0 Å². The highest BCUT2D eigenvalue weighted by Crippen LogP contribution is 2.31. The van der Waals surface area contributed by atoms with Crippen LogP contribution >= 0.6 is 0 Å². The standard InChI is InChI=1S/C17H25NO2/c1-4-20-17(19)14-8-10-15(11-9-14)18-16-7-5-6-12(2)13(16)3/h8-13,16,18H,4-7H2,1-3H3. The Morgan fingerprint density at radius 2 is 1.95 bits per heavy atom. The third-order valence-electron chi connectivity index (χ3n) is 4.45. The van der Waals surface area contributed by atoms with Crippen LogP contribution in [0.1, 0.15) is 50.4 Å². The molecule has 1 N–H and O–H groups in total. The summed E-state index contributed by atoms with van der Waals surface area (Å²) in [7, 11) is 0. The first-order valence-corrected chi connectivity index (χ1v) is 7.65. The lowest BCUT2D eigenvalue weighted by atomic mass is 9.78. The van der Waals surface area contributed by atoms with E-state index in [-0.39, 0.29) is 5.97 Å². The SMILES string of the molecule is CCOC(=O)c1ccc(NC2CCCC(C)C2C)cc1. The van der Waals surface area contributed by atoms with E-state index in [2.05, 4.69) is 19.2 Å². The minimum absolute atomic E-state index is 0.251. The molecule has 0 amide bonds. The van der Waals surface area contributed by atoms with Crippen LogP contribution in [-0.2, 0) is 4.74 Å². The number of benzene rings is 1. The van der Waals surface area contributed by atoms with Crippen molar-refractivity contribution in [1.29, 1.82) is 0 Å². The summed E-state index contributed by atoms with van der Waals surface area (Å²) in [5.74, 6) is 1.22. The molecule has 1 aromatic rings. The minimum Gasteiger partial charge on any atom is -0.462 e. The van der Waals surface area contributed by atoms with Crippen molar-refractivity contribution in [1.82, 2.24) is 0 Å². The molecule has 1 fully saturated rings. The molecule has 3 heteroatoms. The van der Waals surface area contributed by atoms with Gasteiger partial charge in [-0.15, -0.1) is 0 Å². The zero-order valence-electron chi connectivity index (χ0n) is 12.7. The predicted octanol–water partition coefficient (Wildman–Crippen LogP) is 4.10. The van der Waals surface area contributed by atoms with Crippen LogP contribution in [0.15, 0.2) is 24.3 Å². The molecule has 0 spiro atoms. The largest absolute Gasteiger partial charge is 0.462 e. The van der Waals surface area contributed by atoms with Crippen molar-refractivity contribution < 1.29 is 9.53 Å². The summed E-state index contributed by atoms with van der Waals surface area (Å²) >= 11 is 0. The molecule has 1 aromatic carbocycles. The van der Waals surface area contributed by atoms with Crippen molar-refractivity contribution in [2.45, 2.75) is 46.1 Å². The number of carbonyl (C=O) groups is 1. The number of nitrogens with one attached hydrogen (secondary N) is 1. The van der Waals surface area contributed by atoms with E-state index in [0.717, 1.165) is 11.6 Å². The summed E-state index contributed by atoms with van der Waals surface area (Å²) in [6.07, 6.45) is 3.86. The molecule has 3 unspecified atom stereocenters. The average molecular weight is 275 g/mol. The maximum Gasteiger partial charge on any atom is 0.338 e. The fourth-order valence-electron chi connectivity index (χ4n) is 2.92. The zero-order valence-corrected chi connectivity index (χ0v) is 12.7. The Morgan fingerprint density at radius 1 is 1.25 bits per heavy atom. The number of anilines is 1. The molecular weight excluding hydrogens is 250 g/mol. The topological polar surface area (TPSA) is 38.3 Å². The predicted molar refractivity (Wildman–Crippen MR) is 82.0 cm³/mol. The first-order chi connectivity index (χ1) is 9.61. The third-order valence-corrected chi connectivity index (χ3v) is 4.45. The molecule has 3 nitrogen and oxygen atoms in total. The molecule has 0 heterocycles. The maximum atomic E-state index is 11.6. The first-order valence-electron chi connectivity index (χ1n) is 7.65. The van der Waals surface area contributed by atoms with Gasteiger partial charge in [0, 0.05) is 11.7 Å². The maximum absolute atomic E-state index is 11.6. The van der Waals surface area contributed by atoms with Crippen molar-refractivity contribution in [3.8, 4) is 0 Å². The first kappa shape index (κ1) is 14.9. The van der Waals surface area contributed by atoms with Gasteiger partial charge >= 0.3 is 5.97 Å². The molecular formula is C17H25NO2. The molecule has 110 valence electrons. The summed E-state index contributed by atoms with van der Waals surface area (Å²) in [5.41, 5.74) is 1.70. The van der Waals surface area contributed by atoms with Gasteiger partial charge < -0.3 is 10.1 Å². The van der Waals surface area contributed by atoms with Crippen LogP contribution in [0.5, 0.6) is 0 Å². The van der Waals surface area contributed by atoms with E-state index in [1.165, 1.54) is 19.3 Å². The van der Waals surface area contributed by atoms with Crippen molar-refractivity contribution >= 4 is 11.7 Å². The molecule has 20 heavy (non-hydrogen) atoms. The van der Waals surface area contributed by atoms with Crippen LogP contribution < -0.4 is 5.32 Å². The number of hydrogen-bond acceptors (Lipinski definition) is 3. The van der Waals surface area contributed by atoms with Gasteiger partial charge in [0.15, 0.2) is 0 Å². The van der Waals surface area contributed by atoms with Crippen molar-refractivity contribution in [2.24, 2.45) is 11.8 Å². The van der Waals surface area contributed by atoms with Gasteiger partial charge in [0.25, 0.3) is 0 Å². The van der Waals surface area contributed by atoms with Crippen LogP contribution in [0, 0.1) is 11.8 Å². The van der Waals surface area contributed by atoms with E-state index in [1.807, 2.05) is 31.2 Å². The Balaban J connectivity index is 1.98. The van der Waals surface area contributed by atoms with E-state index in [9.17, 15) is 4.79 Å². The van der Waals surface area contributed by atoms with E-state index in [1.54, 1.807) is 0 Å². The summed E-state index contributed by atoms with van der Waals surface area (Å²) in [6, 6.07) is 8.14. The van der Waals surface area contributed by atoms with Crippen LogP contribution in [0.3, 0.4) is 0 Å². The fourth-order valence-corrected chi connectivity index (χ4v) is 2.92. The Bertz CT molecular complexity index is 441. The lowest BCUT2D eigenvalue weighted by Gasteiger charge is -2.35. The Hall–Kier alpha value is -1.51. The molecule has 0 radical (unpaired) electrons. The van der Waals surface area contributed by atoms with Crippen molar-refractivity contribution in [3.63, 3.8) is 0 Å². The van der Waals surface area contributed by atoms with E-state index in [4.69, 9.17) is 4.74 Å². The van der Waals surface area contributed by atoms with Crippen LogP contribution in [-0.4, -0.2) is 18.6 Å². The normalized spacial score (nSPS) is 26.1. The van der Waals surface area contributed by atoms with Crippen molar-refractivity contribution in [3.05, 3.63) is 29.8 Å². The summed E-state index contributed by atoms with van der Waals surface area (Å²) in [6.45, 7) is 6.90. The second kappa shape index (κ2) is 6.78. The van der Waals surface area contributed by atoms with Gasteiger partial charge in [-0.05, 0) is 49.4 Å². The van der Waals surface area contributed by atoms with E-state index in [0.29, 0.717) is 24.1 Å². The number of esters is 1. The molecule has 0 aromatic heterocycles. The second-order valence-corrected chi connectivity index (χ2v) is 5.82. The Kier molecular flexibility index (Phi) is 5.05. The third kappa shape index (κ3) is 3.53. The average Bonchev–Trinajstić information content (AvgIpc) is 2.45. The highest BCUT2D eigenvalue weighted by atomic mass is 16.5. The molecule has 0 aliphatic heterocycles. The van der Waals surface area contributed by atoms with Crippen LogP contribution in [0.4, 0.5) is 5.69 Å². The molecule has 0 bridgehead atoms. The molecule has 2 rings (SSSR count). The monoisotopic (exact) mass is 275 g/mol. The zero-order chi connectivity index (χ0) is 14.5. The van der Waals surface area contributed by atoms with Crippen LogP contribution in [0.2, 0.25) is 0 Å². The van der Waals surface area contributed by atoms with Crippen LogP contribution in [0.25, 0.3) is 0 Å². The lowest BCUT2D eigenvalue weighted by Crippen LogP contribution is -2.34. The van der Waals surface area contributed by atoms with Gasteiger partial charge in [0.05, 0.1) is 12.2 Å². The highest BCUT2D eigenvalue weighted by molar-refractivity contribution is 5.89. The number of ether oxygens (including phenoxy) is 1. The Morgan fingerprint density at radius 3 is 2.60 bits per heavy atom. The van der Waals surface area contributed by atoms with Gasteiger partial charge in [-0.2, -0.15) is 0 Å². The van der Waals surface area contributed by atoms with Gasteiger partial charge in [0.1, 0.15) is 0 Å². The summed E-state index contributed by atoms with van der Waals surface area (Å²) in [4.78, 5) is 11.6. The summed E-state index contributed by atoms with van der Waals surface area (Å²) < 4.78 is 4.99. The van der Waals surface area contributed by atoms with Gasteiger partial charge in [-0.25, -0.2) is 4.79 Å². The number of carbonyl (C=O) groups excluding carboxylic acids is 1. The molecule has 0 saturated heterocycles. The second-order valence-electron chi connectivity index (χ2n) is 5.82. The molecule has 1 saturated carbocycles. The van der Waals surface area contributed by atoms with Gasteiger partial charge in [-0.1, -0.05) is 26.7 Å². The van der Waals surface area contributed by atoms with E-state index < -0.39 is 0 Å². The minimum atomic E-state index is -0.251. The smallest absolute Gasteiger partial charge is 0.338 e. The quantitative estimate of drug-likeness (QED) is 0.841. The highest BCUT2D eigenvalue weighted by Gasteiger charge is 2.26. The lowest BCUT2D eigenvalue weighted by molar-refractivity contribution is 0.0526. The van der Waals surface area contributed by atoms with Crippen molar-refractivity contribution in [2.75, 3.05) is 11.9 Å².